The Hall–Kier alpha value is -1.44. The molecule has 10 heavy (non-hydrogen) atoms. The van der Waals surface area contributed by atoms with E-state index in [4.69, 9.17) is 10.2 Å². The van der Waals surface area contributed by atoms with Gasteiger partial charge in [0.05, 0.1) is 0 Å². The van der Waals surface area contributed by atoms with Crippen LogP contribution in [-0.4, -0.2) is 10.2 Å². The molecule has 2 heteroatoms. The zero-order chi connectivity index (χ0) is 7.14. The molecule has 2 N–H and O–H groups in total. The molecule has 0 heterocycles. The van der Waals surface area contributed by atoms with Gasteiger partial charge in [-0.3, -0.25) is 0 Å². The molecule has 2 rings (SSSR count). The Kier molecular flexibility index (Phi) is 0.822. The summed E-state index contributed by atoms with van der Waals surface area (Å²) in [6.07, 6.45) is 6.68. The maximum atomic E-state index is 9.12. The summed E-state index contributed by atoms with van der Waals surface area (Å²) in [6.45, 7) is 0. The molecule has 0 bridgehead atoms. The number of rotatable bonds is 0. The number of aliphatic hydroxyl groups excluding tert-OH is 2. The molecule has 0 aromatic heterocycles. The van der Waals surface area contributed by atoms with Gasteiger partial charge in [0, 0.05) is 17.2 Å². The van der Waals surface area contributed by atoms with Crippen molar-refractivity contribution in [3.05, 3.63) is 47.0 Å². The molecule has 2 aliphatic carbocycles. The van der Waals surface area contributed by atoms with Crippen molar-refractivity contribution in [1.82, 2.24) is 0 Å². The Labute approximate surface area is 58.1 Å². The molecule has 50 valence electrons. The summed E-state index contributed by atoms with van der Waals surface area (Å²) in [6, 6.07) is 0. The molecular weight excluding hydrogens is 128 g/mol. The Balaban J connectivity index is 2.59. The first-order chi connectivity index (χ1) is 4.79. The van der Waals surface area contributed by atoms with Gasteiger partial charge in [-0.1, -0.05) is 18.2 Å². The summed E-state index contributed by atoms with van der Waals surface area (Å²) in [5.74, 6) is 0.301. The molecule has 0 unspecified atom stereocenters. The molecule has 0 aliphatic heterocycles. The van der Waals surface area contributed by atoms with E-state index >= 15 is 0 Å². The van der Waals surface area contributed by atoms with E-state index in [9.17, 15) is 0 Å². The van der Waals surface area contributed by atoms with Gasteiger partial charge in [-0.25, -0.2) is 0 Å². The van der Waals surface area contributed by atoms with Crippen LogP contribution in [0.3, 0.4) is 0 Å². The van der Waals surface area contributed by atoms with E-state index in [1.165, 1.54) is 6.08 Å². The largest absolute Gasteiger partial charge is 0.507 e. The third-order valence-corrected chi connectivity index (χ3v) is 1.64. The average Bonchev–Trinajstić information content (AvgIpc) is 2.39. The van der Waals surface area contributed by atoms with Crippen molar-refractivity contribution >= 4 is 0 Å². The summed E-state index contributed by atoms with van der Waals surface area (Å²) in [4.78, 5) is 0. The second-order valence-corrected chi connectivity index (χ2v) is 2.27. The van der Waals surface area contributed by atoms with Crippen LogP contribution in [0, 0.1) is 0 Å². The molecule has 0 aromatic carbocycles. The van der Waals surface area contributed by atoms with Crippen LogP contribution < -0.4 is 0 Å². The van der Waals surface area contributed by atoms with Crippen molar-refractivity contribution in [1.29, 1.82) is 0 Å². The van der Waals surface area contributed by atoms with Crippen LogP contribution in [0.5, 0.6) is 0 Å². The molecule has 0 atom stereocenters. The van der Waals surface area contributed by atoms with Crippen LogP contribution in [0.25, 0.3) is 0 Å². The lowest BCUT2D eigenvalue weighted by Gasteiger charge is -1.93. The Morgan fingerprint density at radius 2 is 2.00 bits per heavy atom. The Bertz CT molecular complexity index is 296. The van der Waals surface area contributed by atoms with E-state index in [1.54, 1.807) is 18.2 Å². The fraction of sp³-hybridized carbons (Fsp3) is 0. The number of allylic oxidation sites excluding steroid dienone is 5. The first-order valence-electron chi connectivity index (χ1n) is 3.02. The van der Waals surface area contributed by atoms with Gasteiger partial charge in [-0.05, 0) is 0 Å². The van der Waals surface area contributed by atoms with Crippen molar-refractivity contribution in [3.63, 3.8) is 0 Å². The minimum Gasteiger partial charge on any atom is -0.507 e. The predicted molar refractivity (Wildman–Crippen MR) is 37.6 cm³/mol. The van der Waals surface area contributed by atoms with Gasteiger partial charge in [0.15, 0.2) is 0 Å². The summed E-state index contributed by atoms with van der Waals surface area (Å²) < 4.78 is 0. The topological polar surface area (TPSA) is 40.5 Å². The Morgan fingerprint density at radius 1 is 1.20 bits per heavy atom. The SMILES string of the molecule is OC1=CC(O)=C2C=CC=C12. The molecule has 0 fully saturated rings. The first kappa shape index (κ1) is 5.35. The van der Waals surface area contributed by atoms with Gasteiger partial charge in [0.1, 0.15) is 11.5 Å². The van der Waals surface area contributed by atoms with Crippen LogP contribution in [0.1, 0.15) is 0 Å². The molecular formula is C8H6O2. The second-order valence-electron chi connectivity index (χ2n) is 2.27. The second kappa shape index (κ2) is 1.53. The van der Waals surface area contributed by atoms with Crippen LogP contribution in [-0.2, 0) is 0 Å². The fourth-order valence-corrected chi connectivity index (χ4v) is 1.15. The minimum absolute atomic E-state index is 0.150. The summed E-state index contributed by atoms with van der Waals surface area (Å²) in [5.41, 5.74) is 1.44. The monoisotopic (exact) mass is 134 g/mol. The van der Waals surface area contributed by atoms with Crippen molar-refractivity contribution in [3.8, 4) is 0 Å². The predicted octanol–water partition coefficient (Wildman–Crippen LogP) is 1.75. The highest BCUT2D eigenvalue weighted by atomic mass is 16.3. The third kappa shape index (κ3) is 0.480. The number of hydrogen-bond acceptors (Lipinski definition) is 2. The standard InChI is InChI=1S/C8H6O2/c9-7-4-8(10)6-3-1-2-5(6)7/h1-4,9-10H. The fourth-order valence-electron chi connectivity index (χ4n) is 1.15. The smallest absolute Gasteiger partial charge is 0.127 e. The maximum absolute atomic E-state index is 9.12. The van der Waals surface area contributed by atoms with E-state index in [0.717, 1.165) is 11.1 Å². The molecule has 0 aromatic rings. The van der Waals surface area contributed by atoms with E-state index in [2.05, 4.69) is 0 Å². The maximum Gasteiger partial charge on any atom is 0.127 e. The zero-order valence-electron chi connectivity index (χ0n) is 5.20. The van der Waals surface area contributed by atoms with Crippen molar-refractivity contribution in [2.24, 2.45) is 0 Å². The summed E-state index contributed by atoms with van der Waals surface area (Å²) in [7, 11) is 0. The summed E-state index contributed by atoms with van der Waals surface area (Å²) >= 11 is 0. The van der Waals surface area contributed by atoms with Crippen molar-refractivity contribution in [2.45, 2.75) is 0 Å². The van der Waals surface area contributed by atoms with Crippen LogP contribution in [0.4, 0.5) is 0 Å². The van der Waals surface area contributed by atoms with Crippen molar-refractivity contribution < 1.29 is 10.2 Å². The quantitative estimate of drug-likeness (QED) is 0.529. The lowest BCUT2D eigenvalue weighted by atomic mass is 10.2. The van der Waals surface area contributed by atoms with Gasteiger partial charge in [0.2, 0.25) is 0 Å². The minimum atomic E-state index is 0.150. The lowest BCUT2D eigenvalue weighted by molar-refractivity contribution is 0.413. The van der Waals surface area contributed by atoms with Gasteiger partial charge in [-0.15, -0.1) is 0 Å². The highest BCUT2D eigenvalue weighted by Crippen LogP contribution is 2.32. The highest BCUT2D eigenvalue weighted by molar-refractivity contribution is 5.63. The molecule has 0 radical (unpaired) electrons. The van der Waals surface area contributed by atoms with Gasteiger partial charge < -0.3 is 10.2 Å². The van der Waals surface area contributed by atoms with E-state index in [-0.39, 0.29) is 11.5 Å². The number of hydrogen-bond donors (Lipinski definition) is 2. The third-order valence-electron chi connectivity index (χ3n) is 1.64. The van der Waals surface area contributed by atoms with Crippen molar-refractivity contribution in [2.75, 3.05) is 0 Å². The lowest BCUT2D eigenvalue weighted by Crippen LogP contribution is -1.81. The molecule has 2 nitrogen and oxygen atoms in total. The number of fused-ring (bicyclic) bond motifs is 1. The van der Waals surface area contributed by atoms with Crippen LogP contribution >= 0.6 is 0 Å². The first-order valence-corrected chi connectivity index (χ1v) is 3.02. The van der Waals surface area contributed by atoms with Crippen LogP contribution in [0.15, 0.2) is 47.0 Å². The van der Waals surface area contributed by atoms with Gasteiger partial charge in [-0.2, -0.15) is 0 Å². The number of aliphatic hydroxyl groups is 2. The molecule has 0 spiro atoms. The van der Waals surface area contributed by atoms with E-state index in [0.29, 0.717) is 0 Å². The normalized spacial score (nSPS) is 21.2. The van der Waals surface area contributed by atoms with Gasteiger partial charge >= 0.3 is 0 Å². The molecule has 0 saturated carbocycles. The zero-order valence-corrected chi connectivity index (χ0v) is 5.20. The molecule has 2 aliphatic rings. The Morgan fingerprint density at radius 3 is 2.70 bits per heavy atom. The van der Waals surface area contributed by atoms with Gasteiger partial charge in [0.25, 0.3) is 0 Å². The highest BCUT2D eigenvalue weighted by Gasteiger charge is 2.20. The van der Waals surface area contributed by atoms with Crippen LogP contribution in [0.2, 0.25) is 0 Å². The van der Waals surface area contributed by atoms with E-state index in [1.807, 2.05) is 0 Å². The van der Waals surface area contributed by atoms with E-state index < -0.39 is 0 Å². The average molecular weight is 134 g/mol. The molecule has 0 saturated heterocycles. The molecule has 0 amide bonds. The summed E-state index contributed by atoms with van der Waals surface area (Å²) in [5, 5.41) is 18.2.